The zero-order chi connectivity index (χ0) is 28.2. The van der Waals surface area contributed by atoms with Crippen LogP contribution in [0.2, 0.25) is 0 Å². The lowest BCUT2D eigenvalue weighted by atomic mass is 9.88. The van der Waals surface area contributed by atoms with Gasteiger partial charge in [-0.1, -0.05) is 84.6 Å². The Morgan fingerprint density at radius 2 is 1.65 bits per heavy atom. The number of anilines is 1. The summed E-state index contributed by atoms with van der Waals surface area (Å²) in [6.07, 6.45) is 0.821. The molecule has 3 N–H and O–H groups in total. The van der Waals surface area contributed by atoms with E-state index in [0.717, 1.165) is 48.2 Å². The molecule has 0 aromatic heterocycles. The lowest BCUT2D eigenvalue weighted by Crippen LogP contribution is -2.43. The quantitative estimate of drug-likeness (QED) is 0.164. The fourth-order valence-electron chi connectivity index (χ4n) is 4.74. The summed E-state index contributed by atoms with van der Waals surface area (Å²) in [5.74, 6) is 8.00. The molecule has 0 saturated carbocycles. The molecular formula is C31H39N7OS. The fourth-order valence-corrected chi connectivity index (χ4v) is 5.72. The fraction of sp³-hybridized carbons (Fsp3) is 0.323. The number of carbonyl (C=O) groups is 1. The Bertz CT molecular complexity index is 1210. The molecule has 0 atom stereocenters. The summed E-state index contributed by atoms with van der Waals surface area (Å²) in [6, 6.07) is 28.5. The van der Waals surface area contributed by atoms with Crippen LogP contribution in [0.25, 0.3) is 5.70 Å². The first-order valence-electron chi connectivity index (χ1n) is 13.6. The number of rotatable bonds is 12. The van der Waals surface area contributed by atoms with E-state index in [4.69, 9.17) is 5.84 Å². The van der Waals surface area contributed by atoms with Crippen molar-refractivity contribution in [1.82, 2.24) is 14.9 Å². The van der Waals surface area contributed by atoms with Crippen molar-refractivity contribution in [3.8, 4) is 0 Å². The summed E-state index contributed by atoms with van der Waals surface area (Å²) in [5.41, 5.74) is 4.41. The zero-order valence-electron chi connectivity index (χ0n) is 23.2. The maximum atomic E-state index is 13.7. The number of hydrazine groups is 1. The minimum atomic E-state index is -0.114. The van der Waals surface area contributed by atoms with Crippen LogP contribution in [0.5, 0.6) is 0 Å². The van der Waals surface area contributed by atoms with Crippen LogP contribution in [0, 0.1) is 0 Å². The summed E-state index contributed by atoms with van der Waals surface area (Å²) in [6.45, 7) is 8.25. The maximum absolute atomic E-state index is 13.7. The zero-order valence-corrected chi connectivity index (χ0v) is 24.0. The second-order valence-electron chi connectivity index (χ2n) is 9.82. The van der Waals surface area contributed by atoms with Crippen LogP contribution in [0.1, 0.15) is 29.0 Å². The smallest absolute Gasteiger partial charge is 0.321 e. The molecule has 0 bridgehead atoms. The van der Waals surface area contributed by atoms with Gasteiger partial charge in [0.1, 0.15) is 0 Å². The van der Waals surface area contributed by atoms with E-state index in [9.17, 15) is 4.79 Å². The minimum Gasteiger partial charge on any atom is -0.323 e. The first kappa shape index (κ1) is 29.3. The topological polar surface area (TPSA) is 89.6 Å². The summed E-state index contributed by atoms with van der Waals surface area (Å²) in [7, 11) is 1.59. The highest BCUT2D eigenvalue weighted by molar-refractivity contribution is 7.99. The SMILES string of the molecule is C=C(N=NN(C)N)c1cccc(NC(=O)N(CCC(c2ccccc2)c2ccccc2)CCN2CCSCC2)c1. The van der Waals surface area contributed by atoms with Crippen molar-refractivity contribution < 1.29 is 4.79 Å². The van der Waals surface area contributed by atoms with Gasteiger partial charge in [-0.25, -0.2) is 15.8 Å². The normalized spacial score (nSPS) is 13.9. The van der Waals surface area contributed by atoms with Crippen LogP contribution in [-0.2, 0) is 0 Å². The highest BCUT2D eigenvalue weighted by atomic mass is 32.2. The van der Waals surface area contributed by atoms with Gasteiger partial charge in [0.15, 0.2) is 0 Å². The van der Waals surface area contributed by atoms with Crippen molar-refractivity contribution in [2.24, 2.45) is 16.2 Å². The lowest BCUT2D eigenvalue weighted by molar-refractivity contribution is 0.195. The van der Waals surface area contributed by atoms with Crippen LogP contribution >= 0.6 is 11.8 Å². The highest BCUT2D eigenvalue weighted by Crippen LogP contribution is 2.28. The number of hydrogen-bond acceptors (Lipinski definition) is 6. The van der Waals surface area contributed by atoms with Crippen LogP contribution in [-0.4, -0.2) is 72.2 Å². The highest BCUT2D eigenvalue weighted by Gasteiger charge is 2.21. The van der Waals surface area contributed by atoms with Crippen molar-refractivity contribution in [3.05, 3.63) is 108 Å². The van der Waals surface area contributed by atoms with Crippen LogP contribution in [0.4, 0.5) is 10.5 Å². The molecule has 9 heteroatoms. The van der Waals surface area contributed by atoms with E-state index in [1.807, 2.05) is 53.1 Å². The van der Waals surface area contributed by atoms with E-state index in [0.29, 0.717) is 24.5 Å². The minimum absolute atomic E-state index is 0.114. The molecule has 4 rings (SSSR count). The number of benzene rings is 3. The van der Waals surface area contributed by atoms with Gasteiger partial charge in [0.25, 0.3) is 0 Å². The van der Waals surface area contributed by atoms with Crippen molar-refractivity contribution in [2.75, 3.05) is 56.6 Å². The Kier molecular flexibility index (Phi) is 11.2. The van der Waals surface area contributed by atoms with Crippen LogP contribution in [0.15, 0.2) is 102 Å². The van der Waals surface area contributed by atoms with E-state index in [1.165, 1.54) is 11.1 Å². The summed E-state index contributed by atoms with van der Waals surface area (Å²) in [5, 5.41) is 12.1. The van der Waals surface area contributed by atoms with E-state index in [2.05, 4.69) is 75.7 Å². The van der Waals surface area contributed by atoms with Crippen molar-refractivity contribution in [3.63, 3.8) is 0 Å². The van der Waals surface area contributed by atoms with Gasteiger partial charge in [-0.3, -0.25) is 4.90 Å². The molecule has 1 fully saturated rings. The van der Waals surface area contributed by atoms with E-state index < -0.39 is 0 Å². The number of nitrogens with two attached hydrogens (primary N) is 1. The maximum Gasteiger partial charge on any atom is 0.321 e. The van der Waals surface area contributed by atoms with E-state index in [-0.39, 0.29) is 11.9 Å². The summed E-state index contributed by atoms with van der Waals surface area (Å²) >= 11 is 1.99. The molecule has 210 valence electrons. The molecule has 1 aliphatic heterocycles. The van der Waals surface area contributed by atoms with Gasteiger partial charge in [0, 0.05) is 68.4 Å². The van der Waals surface area contributed by atoms with E-state index >= 15 is 0 Å². The van der Waals surface area contributed by atoms with E-state index in [1.54, 1.807) is 7.05 Å². The van der Waals surface area contributed by atoms with Crippen molar-refractivity contribution in [1.29, 1.82) is 0 Å². The largest absolute Gasteiger partial charge is 0.323 e. The van der Waals surface area contributed by atoms with Gasteiger partial charge < -0.3 is 10.2 Å². The van der Waals surface area contributed by atoms with Gasteiger partial charge in [-0.05, 0) is 29.7 Å². The Morgan fingerprint density at radius 3 is 2.27 bits per heavy atom. The Morgan fingerprint density at radius 1 is 1.00 bits per heavy atom. The number of amides is 2. The molecular weight excluding hydrogens is 518 g/mol. The van der Waals surface area contributed by atoms with Crippen LogP contribution < -0.4 is 11.2 Å². The van der Waals surface area contributed by atoms with Gasteiger partial charge in [0.05, 0.1) is 5.70 Å². The molecule has 1 saturated heterocycles. The average molecular weight is 558 g/mol. The third-order valence-electron chi connectivity index (χ3n) is 6.92. The Hall–Kier alpha value is -3.66. The molecule has 3 aromatic carbocycles. The predicted octanol–water partition coefficient (Wildman–Crippen LogP) is 5.93. The molecule has 3 aromatic rings. The molecule has 1 aliphatic rings. The molecule has 1 heterocycles. The number of nitrogens with zero attached hydrogens (tertiary/aromatic N) is 5. The second-order valence-corrected chi connectivity index (χ2v) is 11.0. The third kappa shape index (κ3) is 8.94. The second kappa shape index (κ2) is 15.2. The number of hydrogen-bond donors (Lipinski definition) is 2. The lowest BCUT2D eigenvalue weighted by Gasteiger charge is -2.31. The first-order valence-corrected chi connectivity index (χ1v) is 14.8. The molecule has 40 heavy (non-hydrogen) atoms. The molecule has 0 radical (unpaired) electrons. The average Bonchev–Trinajstić information content (AvgIpc) is 2.99. The molecule has 2 amide bonds. The Balaban J connectivity index is 1.49. The monoisotopic (exact) mass is 557 g/mol. The van der Waals surface area contributed by atoms with Crippen LogP contribution in [0.3, 0.4) is 0 Å². The van der Waals surface area contributed by atoms with Crippen molar-refractivity contribution in [2.45, 2.75) is 12.3 Å². The molecule has 0 unspecified atom stereocenters. The number of nitrogens with one attached hydrogen (secondary N) is 1. The van der Waals surface area contributed by atoms with Gasteiger partial charge in [0.2, 0.25) is 0 Å². The molecule has 0 aliphatic carbocycles. The third-order valence-corrected chi connectivity index (χ3v) is 7.86. The van der Waals surface area contributed by atoms with Gasteiger partial charge in [-0.15, -0.1) is 5.11 Å². The number of thioether (sulfide) groups is 1. The standard InChI is InChI=1S/C31H39N7OS/c1-25(34-35-36(2)32)28-14-9-15-29(24-28)33-31(39)38(19-18-37-20-22-40-23-21-37)17-16-30(26-10-5-3-6-11-26)27-12-7-4-8-13-27/h3-15,24,30H,1,16-23,32H2,2H3,(H,33,39). The number of urea groups is 1. The first-order chi connectivity index (χ1) is 19.5. The van der Waals surface area contributed by atoms with Crippen molar-refractivity contribution >= 4 is 29.2 Å². The molecule has 8 nitrogen and oxygen atoms in total. The summed E-state index contributed by atoms with van der Waals surface area (Å²) in [4.78, 5) is 18.1. The molecule has 0 spiro atoms. The predicted molar refractivity (Wildman–Crippen MR) is 166 cm³/mol. The van der Waals surface area contributed by atoms with Gasteiger partial charge >= 0.3 is 6.03 Å². The Labute approximate surface area is 241 Å². The number of carbonyl (C=O) groups excluding carboxylic acids is 1. The van der Waals surface area contributed by atoms with Gasteiger partial charge in [-0.2, -0.15) is 11.8 Å². The summed E-state index contributed by atoms with van der Waals surface area (Å²) < 4.78 is 0.